The molecule has 2 aromatic carbocycles. The monoisotopic (exact) mass is 377 g/mol. The van der Waals surface area contributed by atoms with Gasteiger partial charge in [0, 0.05) is 25.0 Å². The van der Waals surface area contributed by atoms with E-state index in [0.29, 0.717) is 6.54 Å². The first-order valence-electron chi connectivity index (χ1n) is 9.60. The molecule has 2 heterocycles. The Morgan fingerprint density at radius 3 is 2.57 bits per heavy atom. The zero-order valence-corrected chi connectivity index (χ0v) is 15.9. The van der Waals surface area contributed by atoms with Crippen molar-refractivity contribution in [3.05, 3.63) is 95.6 Å². The lowest BCUT2D eigenvalue weighted by Crippen LogP contribution is -2.44. The highest BCUT2D eigenvalue weighted by Gasteiger charge is 2.30. The van der Waals surface area contributed by atoms with Crippen LogP contribution in [0.5, 0.6) is 0 Å². The van der Waals surface area contributed by atoms with E-state index in [4.69, 9.17) is 0 Å². The lowest BCUT2D eigenvalue weighted by Gasteiger charge is -2.37. The minimum absolute atomic E-state index is 0.0298. The molecule has 28 heavy (non-hydrogen) atoms. The maximum absolute atomic E-state index is 13.1. The SMILES string of the molecule is C[C@@H](NC(=O)CN1CCn2cccc2[C@@H]1c1ccccc1)c1ccc(F)cc1. The van der Waals surface area contributed by atoms with Gasteiger partial charge >= 0.3 is 0 Å². The van der Waals surface area contributed by atoms with Crippen LogP contribution in [0.2, 0.25) is 0 Å². The summed E-state index contributed by atoms with van der Waals surface area (Å²) in [5, 5.41) is 3.04. The van der Waals surface area contributed by atoms with Crippen molar-refractivity contribution in [3.8, 4) is 0 Å². The molecule has 0 spiro atoms. The van der Waals surface area contributed by atoms with Gasteiger partial charge in [0.25, 0.3) is 0 Å². The van der Waals surface area contributed by atoms with Crippen LogP contribution < -0.4 is 5.32 Å². The minimum Gasteiger partial charge on any atom is -0.348 e. The number of nitrogens with one attached hydrogen (secondary N) is 1. The van der Waals surface area contributed by atoms with Gasteiger partial charge in [-0.25, -0.2) is 4.39 Å². The molecule has 3 aromatic rings. The summed E-state index contributed by atoms with van der Waals surface area (Å²) >= 11 is 0. The second kappa shape index (κ2) is 7.98. The number of nitrogens with zero attached hydrogens (tertiary/aromatic N) is 2. The molecule has 0 radical (unpaired) electrons. The third kappa shape index (κ3) is 3.85. The molecule has 2 atom stereocenters. The quantitative estimate of drug-likeness (QED) is 0.732. The maximum Gasteiger partial charge on any atom is 0.234 e. The van der Waals surface area contributed by atoms with E-state index in [9.17, 15) is 9.18 Å². The average molecular weight is 377 g/mol. The number of hydrogen-bond donors (Lipinski definition) is 1. The molecule has 1 aliphatic heterocycles. The molecule has 1 N–H and O–H groups in total. The van der Waals surface area contributed by atoms with Crippen molar-refractivity contribution in [2.24, 2.45) is 0 Å². The summed E-state index contributed by atoms with van der Waals surface area (Å²) in [6, 6.07) is 20.6. The molecule has 0 aliphatic carbocycles. The van der Waals surface area contributed by atoms with Crippen LogP contribution in [0.1, 0.15) is 35.8 Å². The van der Waals surface area contributed by atoms with Crippen molar-refractivity contribution in [2.45, 2.75) is 25.6 Å². The van der Waals surface area contributed by atoms with Gasteiger partial charge in [0.05, 0.1) is 18.6 Å². The van der Waals surface area contributed by atoms with Gasteiger partial charge in [-0.15, -0.1) is 0 Å². The molecule has 0 unspecified atom stereocenters. The van der Waals surface area contributed by atoms with Crippen LogP contribution >= 0.6 is 0 Å². The van der Waals surface area contributed by atoms with E-state index in [1.165, 1.54) is 23.4 Å². The lowest BCUT2D eigenvalue weighted by molar-refractivity contribution is -0.123. The summed E-state index contributed by atoms with van der Waals surface area (Å²) in [5.41, 5.74) is 3.28. The van der Waals surface area contributed by atoms with Crippen LogP contribution in [-0.4, -0.2) is 28.5 Å². The Hall–Kier alpha value is -2.92. The van der Waals surface area contributed by atoms with Crippen molar-refractivity contribution < 1.29 is 9.18 Å². The number of halogens is 1. The van der Waals surface area contributed by atoms with Gasteiger partial charge in [0.15, 0.2) is 0 Å². The van der Waals surface area contributed by atoms with E-state index in [1.54, 1.807) is 12.1 Å². The third-order valence-corrected chi connectivity index (χ3v) is 5.35. The average Bonchev–Trinajstić information content (AvgIpc) is 3.17. The van der Waals surface area contributed by atoms with Crippen molar-refractivity contribution in [2.75, 3.05) is 13.1 Å². The van der Waals surface area contributed by atoms with Gasteiger partial charge in [-0.2, -0.15) is 0 Å². The summed E-state index contributed by atoms with van der Waals surface area (Å²) in [5.74, 6) is -0.304. The van der Waals surface area contributed by atoms with E-state index < -0.39 is 0 Å². The summed E-state index contributed by atoms with van der Waals surface area (Å²) < 4.78 is 15.4. The Kier molecular flexibility index (Phi) is 5.26. The molecule has 144 valence electrons. The van der Waals surface area contributed by atoms with Gasteiger partial charge in [-0.3, -0.25) is 9.69 Å². The van der Waals surface area contributed by atoms with Gasteiger partial charge in [0.2, 0.25) is 5.91 Å². The number of hydrogen-bond acceptors (Lipinski definition) is 2. The number of aromatic nitrogens is 1. The van der Waals surface area contributed by atoms with Crippen molar-refractivity contribution in [1.82, 2.24) is 14.8 Å². The third-order valence-electron chi connectivity index (χ3n) is 5.35. The molecule has 1 aromatic heterocycles. The Bertz CT molecular complexity index is 936. The Labute approximate surface area is 164 Å². The van der Waals surface area contributed by atoms with Crippen molar-refractivity contribution in [3.63, 3.8) is 0 Å². The molecule has 5 heteroatoms. The number of carbonyl (C=O) groups is 1. The van der Waals surface area contributed by atoms with Crippen LogP contribution in [0.4, 0.5) is 4.39 Å². The number of carbonyl (C=O) groups excluding carboxylic acids is 1. The predicted molar refractivity (Wildman–Crippen MR) is 107 cm³/mol. The zero-order chi connectivity index (χ0) is 19.5. The van der Waals surface area contributed by atoms with Gasteiger partial charge in [-0.1, -0.05) is 42.5 Å². The van der Waals surface area contributed by atoms with Crippen LogP contribution in [-0.2, 0) is 11.3 Å². The van der Waals surface area contributed by atoms with Crippen LogP contribution in [0.3, 0.4) is 0 Å². The van der Waals surface area contributed by atoms with E-state index >= 15 is 0 Å². The van der Waals surface area contributed by atoms with Crippen LogP contribution in [0.25, 0.3) is 0 Å². The van der Waals surface area contributed by atoms with E-state index in [1.807, 2.05) is 25.1 Å². The molecule has 0 bridgehead atoms. The molecule has 1 amide bonds. The Morgan fingerprint density at radius 1 is 1.07 bits per heavy atom. The second-order valence-electron chi connectivity index (χ2n) is 7.25. The molecule has 0 fully saturated rings. The largest absolute Gasteiger partial charge is 0.348 e. The number of benzene rings is 2. The van der Waals surface area contributed by atoms with Crippen LogP contribution in [0, 0.1) is 5.82 Å². The first-order chi connectivity index (χ1) is 13.6. The summed E-state index contributed by atoms with van der Waals surface area (Å²) in [6.45, 7) is 3.91. The van der Waals surface area contributed by atoms with Gasteiger partial charge in [-0.05, 0) is 42.3 Å². The van der Waals surface area contributed by atoms with Gasteiger partial charge < -0.3 is 9.88 Å². The lowest BCUT2D eigenvalue weighted by atomic mass is 10.00. The molecule has 0 saturated carbocycles. The highest BCUT2D eigenvalue weighted by Crippen LogP contribution is 2.32. The first kappa shape index (κ1) is 18.4. The zero-order valence-electron chi connectivity index (χ0n) is 15.9. The molecular formula is C23H24FN3O. The Balaban J connectivity index is 1.49. The predicted octanol–water partition coefficient (Wildman–Crippen LogP) is 3.91. The fourth-order valence-electron chi connectivity index (χ4n) is 3.93. The fraction of sp³-hybridized carbons (Fsp3) is 0.261. The summed E-state index contributed by atoms with van der Waals surface area (Å²) in [7, 11) is 0. The fourth-order valence-corrected chi connectivity index (χ4v) is 3.93. The molecule has 4 nitrogen and oxygen atoms in total. The maximum atomic E-state index is 13.1. The molecule has 0 saturated heterocycles. The summed E-state index contributed by atoms with van der Waals surface area (Å²) in [4.78, 5) is 15.0. The number of rotatable bonds is 5. The van der Waals surface area contributed by atoms with Crippen molar-refractivity contribution >= 4 is 5.91 Å². The molecule has 1 aliphatic rings. The van der Waals surface area contributed by atoms with Crippen LogP contribution in [0.15, 0.2) is 72.9 Å². The van der Waals surface area contributed by atoms with Crippen molar-refractivity contribution in [1.29, 1.82) is 0 Å². The molecule has 4 rings (SSSR count). The Morgan fingerprint density at radius 2 is 1.82 bits per heavy atom. The summed E-state index contributed by atoms with van der Waals surface area (Å²) in [6.07, 6.45) is 2.10. The van der Waals surface area contributed by atoms with E-state index in [2.05, 4.69) is 45.2 Å². The number of fused-ring (bicyclic) bond motifs is 1. The van der Waals surface area contributed by atoms with E-state index in [-0.39, 0.29) is 23.8 Å². The minimum atomic E-state index is -0.274. The highest BCUT2D eigenvalue weighted by atomic mass is 19.1. The van der Waals surface area contributed by atoms with Gasteiger partial charge in [0.1, 0.15) is 5.82 Å². The molecular weight excluding hydrogens is 353 g/mol. The topological polar surface area (TPSA) is 37.3 Å². The second-order valence-corrected chi connectivity index (χ2v) is 7.25. The first-order valence-corrected chi connectivity index (χ1v) is 9.60. The highest BCUT2D eigenvalue weighted by molar-refractivity contribution is 5.78. The smallest absolute Gasteiger partial charge is 0.234 e. The van der Waals surface area contributed by atoms with E-state index in [0.717, 1.165) is 18.7 Å². The standard InChI is InChI=1S/C23H24FN3O/c1-17(18-9-11-20(24)12-10-18)25-22(28)16-27-15-14-26-13-5-8-21(26)23(27)19-6-3-2-4-7-19/h2-13,17,23H,14-16H2,1H3,(H,25,28)/t17-,23+/m1/s1. The normalized spacial score (nSPS) is 17.7. The number of amides is 1.